The number of ether oxygens (including phenoxy) is 2. The summed E-state index contributed by atoms with van der Waals surface area (Å²) in [5, 5.41) is 0. The van der Waals surface area contributed by atoms with E-state index in [0.29, 0.717) is 12.4 Å². The molecule has 0 aliphatic rings. The van der Waals surface area contributed by atoms with Gasteiger partial charge in [0.15, 0.2) is 0 Å². The third-order valence-corrected chi connectivity index (χ3v) is 0.678. The Morgan fingerprint density at radius 3 is 2.70 bits per heavy atom. The summed E-state index contributed by atoms with van der Waals surface area (Å²) < 4.78 is 9.23. The largest absolute Gasteiger partial charge is 0.498 e. The van der Waals surface area contributed by atoms with Crippen molar-refractivity contribution < 1.29 is 14.3 Å². The van der Waals surface area contributed by atoms with Crippen molar-refractivity contribution in [3.8, 4) is 0 Å². The van der Waals surface area contributed by atoms with E-state index in [0.717, 1.165) is 0 Å². The van der Waals surface area contributed by atoms with Gasteiger partial charge in [-0.2, -0.15) is 0 Å². The smallest absolute Gasteiger partial charge is 0.409 e. The summed E-state index contributed by atoms with van der Waals surface area (Å²) in [5.74, 6) is 0.356. The monoisotopic (exact) mass is 145 g/mol. The van der Waals surface area contributed by atoms with Crippen molar-refractivity contribution in [3.05, 3.63) is 12.0 Å². The van der Waals surface area contributed by atoms with Crippen molar-refractivity contribution >= 4 is 6.09 Å². The molecule has 0 atom stereocenters. The number of rotatable bonds is 3. The van der Waals surface area contributed by atoms with Gasteiger partial charge in [0.25, 0.3) is 0 Å². The van der Waals surface area contributed by atoms with Crippen LogP contribution in [-0.2, 0) is 9.47 Å². The van der Waals surface area contributed by atoms with Gasteiger partial charge in [-0.1, -0.05) is 0 Å². The Morgan fingerprint density at radius 1 is 1.70 bits per heavy atom. The Kier molecular flexibility index (Phi) is 4.11. The Bertz CT molecular complexity index is 142. The lowest BCUT2D eigenvalue weighted by atomic mass is 10.6. The van der Waals surface area contributed by atoms with Crippen molar-refractivity contribution in [1.82, 2.24) is 0 Å². The molecule has 0 fully saturated rings. The SMILES string of the molecule is CCOC=C(C)OC(N)=O. The zero-order valence-electron chi connectivity index (χ0n) is 6.09. The Balaban J connectivity index is 3.59. The lowest BCUT2D eigenvalue weighted by Crippen LogP contribution is -2.11. The molecule has 0 saturated carbocycles. The molecule has 0 aromatic rings. The molecular weight excluding hydrogens is 134 g/mol. The molecule has 0 spiro atoms. The van der Waals surface area contributed by atoms with Crippen molar-refractivity contribution in [2.24, 2.45) is 5.73 Å². The van der Waals surface area contributed by atoms with Crippen LogP contribution in [0.2, 0.25) is 0 Å². The number of nitrogens with two attached hydrogens (primary N) is 1. The summed E-state index contributed by atoms with van der Waals surface area (Å²) in [6.07, 6.45) is 0.513. The molecule has 0 aromatic heterocycles. The maximum Gasteiger partial charge on any atom is 0.409 e. The van der Waals surface area contributed by atoms with E-state index < -0.39 is 6.09 Å². The minimum atomic E-state index is -0.826. The Labute approximate surface area is 59.6 Å². The number of carbonyl (C=O) groups is 1. The summed E-state index contributed by atoms with van der Waals surface area (Å²) in [6, 6.07) is 0. The van der Waals surface area contributed by atoms with Gasteiger partial charge in [-0.05, 0) is 13.8 Å². The van der Waals surface area contributed by atoms with Crippen molar-refractivity contribution in [3.63, 3.8) is 0 Å². The third-order valence-electron chi connectivity index (χ3n) is 0.678. The fourth-order valence-corrected chi connectivity index (χ4v) is 0.383. The molecule has 0 aliphatic heterocycles. The summed E-state index contributed by atoms with van der Waals surface area (Å²) in [4.78, 5) is 10.1. The van der Waals surface area contributed by atoms with Gasteiger partial charge >= 0.3 is 6.09 Å². The summed E-state index contributed by atoms with van der Waals surface area (Å²) in [6.45, 7) is 3.95. The van der Waals surface area contributed by atoms with Crippen molar-refractivity contribution in [1.29, 1.82) is 0 Å². The maximum atomic E-state index is 10.1. The lowest BCUT2D eigenvalue weighted by Gasteiger charge is -1.99. The number of primary amides is 1. The van der Waals surface area contributed by atoms with Crippen LogP contribution in [-0.4, -0.2) is 12.7 Å². The van der Waals surface area contributed by atoms with Crippen LogP contribution in [0.1, 0.15) is 13.8 Å². The quantitative estimate of drug-likeness (QED) is 0.602. The second-order valence-electron chi connectivity index (χ2n) is 1.60. The van der Waals surface area contributed by atoms with Gasteiger partial charge in [0.2, 0.25) is 0 Å². The van der Waals surface area contributed by atoms with E-state index in [9.17, 15) is 4.79 Å². The van der Waals surface area contributed by atoms with Crippen LogP contribution in [0.4, 0.5) is 4.79 Å². The van der Waals surface area contributed by atoms with Crippen LogP contribution >= 0.6 is 0 Å². The summed E-state index contributed by atoms with van der Waals surface area (Å²) in [5.41, 5.74) is 4.71. The number of amides is 1. The van der Waals surface area contributed by atoms with Gasteiger partial charge in [0.05, 0.1) is 6.61 Å². The van der Waals surface area contributed by atoms with Crippen LogP contribution in [0.5, 0.6) is 0 Å². The van der Waals surface area contributed by atoms with Gasteiger partial charge < -0.3 is 15.2 Å². The molecule has 0 heterocycles. The number of allylic oxidation sites excluding steroid dienone is 1. The molecule has 0 aliphatic carbocycles. The van der Waals surface area contributed by atoms with Crippen molar-refractivity contribution in [2.45, 2.75) is 13.8 Å². The average Bonchev–Trinajstić information content (AvgIpc) is 1.82. The van der Waals surface area contributed by atoms with E-state index in [-0.39, 0.29) is 0 Å². The average molecular weight is 145 g/mol. The Morgan fingerprint density at radius 2 is 2.30 bits per heavy atom. The number of hydrogen-bond donors (Lipinski definition) is 1. The molecular formula is C6H11NO3. The third kappa shape index (κ3) is 4.96. The minimum Gasteiger partial charge on any atom is -0.498 e. The standard InChI is InChI=1S/C6H11NO3/c1-3-9-4-5(2)10-6(7)8/h4H,3H2,1-2H3,(H2,7,8). The molecule has 0 rings (SSSR count). The molecule has 10 heavy (non-hydrogen) atoms. The van der Waals surface area contributed by atoms with Gasteiger partial charge in [-0.25, -0.2) is 4.79 Å². The minimum absolute atomic E-state index is 0.356. The topological polar surface area (TPSA) is 61.6 Å². The van der Waals surface area contributed by atoms with E-state index in [1.165, 1.54) is 6.26 Å². The molecule has 4 heteroatoms. The van der Waals surface area contributed by atoms with Crippen LogP contribution in [0.15, 0.2) is 12.0 Å². The van der Waals surface area contributed by atoms with Crippen LogP contribution < -0.4 is 5.73 Å². The van der Waals surface area contributed by atoms with Crippen LogP contribution in [0.25, 0.3) is 0 Å². The van der Waals surface area contributed by atoms with Crippen LogP contribution in [0.3, 0.4) is 0 Å². The highest BCUT2D eigenvalue weighted by atomic mass is 16.6. The molecule has 0 bridgehead atoms. The lowest BCUT2D eigenvalue weighted by molar-refractivity contribution is 0.177. The molecule has 0 aromatic carbocycles. The molecule has 0 saturated heterocycles. The predicted octanol–water partition coefficient (Wildman–Crippen LogP) is 0.980. The van der Waals surface area contributed by atoms with Crippen LogP contribution in [0, 0.1) is 0 Å². The first-order valence-electron chi connectivity index (χ1n) is 2.92. The predicted molar refractivity (Wildman–Crippen MR) is 36.1 cm³/mol. The van der Waals surface area contributed by atoms with Crippen molar-refractivity contribution in [2.75, 3.05) is 6.61 Å². The first-order valence-corrected chi connectivity index (χ1v) is 2.92. The zero-order chi connectivity index (χ0) is 7.98. The normalized spacial score (nSPS) is 10.8. The highest BCUT2D eigenvalue weighted by Gasteiger charge is 1.94. The van der Waals surface area contributed by atoms with Gasteiger partial charge in [0, 0.05) is 0 Å². The van der Waals surface area contributed by atoms with E-state index in [4.69, 9.17) is 10.5 Å². The van der Waals surface area contributed by atoms with Gasteiger partial charge in [0.1, 0.15) is 12.0 Å². The Hall–Kier alpha value is -1.19. The summed E-state index contributed by atoms with van der Waals surface area (Å²) in [7, 11) is 0. The van der Waals surface area contributed by atoms with E-state index in [1.807, 2.05) is 6.92 Å². The fourth-order valence-electron chi connectivity index (χ4n) is 0.383. The zero-order valence-corrected chi connectivity index (χ0v) is 6.09. The highest BCUT2D eigenvalue weighted by molar-refractivity contribution is 5.65. The fraction of sp³-hybridized carbons (Fsp3) is 0.500. The number of carbonyl (C=O) groups excluding carboxylic acids is 1. The van der Waals surface area contributed by atoms with E-state index in [2.05, 4.69) is 4.74 Å². The van der Waals surface area contributed by atoms with Gasteiger partial charge in [-0.15, -0.1) is 0 Å². The molecule has 4 nitrogen and oxygen atoms in total. The molecule has 0 unspecified atom stereocenters. The number of hydrogen-bond acceptors (Lipinski definition) is 3. The molecule has 0 radical (unpaired) electrons. The second-order valence-corrected chi connectivity index (χ2v) is 1.60. The molecule has 1 amide bonds. The summed E-state index contributed by atoms with van der Waals surface area (Å²) >= 11 is 0. The highest BCUT2D eigenvalue weighted by Crippen LogP contribution is 1.94. The van der Waals surface area contributed by atoms with E-state index >= 15 is 0 Å². The first-order chi connectivity index (χ1) is 4.66. The second kappa shape index (κ2) is 4.67. The first kappa shape index (κ1) is 8.81. The molecule has 58 valence electrons. The molecule has 2 N–H and O–H groups in total. The van der Waals surface area contributed by atoms with Gasteiger partial charge in [-0.3, -0.25) is 0 Å². The maximum absolute atomic E-state index is 10.1. The van der Waals surface area contributed by atoms with E-state index in [1.54, 1.807) is 6.92 Å².